The largest absolute Gasteiger partial charge is 0.390 e. The van der Waals surface area contributed by atoms with Gasteiger partial charge in [0.15, 0.2) is 0 Å². The lowest BCUT2D eigenvalue weighted by atomic mass is 10.0. The fourth-order valence-electron chi connectivity index (χ4n) is 0.731. The number of ether oxygens (including phenoxy) is 1. The van der Waals surface area contributed by atoms with Crippen LogP contribution in [0.25, 0.3) is 0 Å². The molecule has 0 aromatic carbocycles. The van der Waals surface area contributed by atoms with Gasteiger partial charge in [0.1, 0.15) is 6.10 Å². The quantitative estimate of drug-likeness (QED) is 0.445. The highest BCUT2D eigenvalue weighted by Gasteiger charge is 2.33. The van der Waals surface area contributed by atoms with Crippen LogP contribution in [0.1, 0.15) is 6.92 Å². The second-order valence-electron chi connectivity index (χ2n) is 2.46. The summed E-state index contributed by atoms with van der Waals surface area (Å²) in [5.41, 5.74) is 0. The van der Waals surface area contributed by atoms with Crippen LogP contribution in [0.15, 0.2) is 12.7 Å². The molecule has 1 saturated heterocycles. The van der Waals surface area contributed by atoms with Gasteiger partial charge in [-0.15, -0.1) is 6.58 Å². The smallest absolute Gasteiger partial charge is 0.107 e. The van der Waals surface area contributed by atoms with Crippen molar-refractivity contribution >= 4 is 0 Å². The average molecular weight is 128 g/mol. The number of rotatable bonds is 3. The molecule has 0 aromatic heterocycles. The molecule has 1 aliphatic heterocycles. The molecule has 2 nitrogen and oxygen atoms in total. The van der Waals surface area contributed by atoms with Crippen molar-refractivity contribution in [2.45, 2.75) is 19.1 Å². The van der Waals surface area contributed by atoms with Gasteiger partial charge in [0.25, 0.3) is 0 Å². The van der Waals surface area contributed by atoms with Crippen molar-refractivity contribution in [3.8, 4) is 0 Å². The van der Waals surface area contributed by atoms with Gasteiger partial charge in [0, 0.05) is 5.92 Å². The van der Waals surface area contributed by atoms with Crippen molar-refractivity contribution in [3.05, 3.63) is 12.7 Å². The standard InChI is InChI=1S/C7H12O2/c1-3-5(2)7(8)6-4-9-6/h3,5-8H,1,4H2,2H3/t5-,6?,7+/m1/s1. The maximum atomic E-state index is 9.26. The van der Waals surface area contributed by atoms with E-state index >= 15 is 0 Å². The predicted molar refractivity (Wildman–Crippen MR) is 35.1 cm³/mol. The molecule has 1 rings (SSSR count). The summed E-state index contributed by atoms with van der Waals surface area (Å²) in [5, 5.41) is 9.26. The lowest BCUT2D eigenvalue weighted by Crippen LogP contribution is -2.21. The molecule has 9 heavy (non-hydrogen) atoms. The third-order valence-corrected chi connectivity index (χ3v) is 1.65. The fraction of sp³-hybridized carbons (Fsp3) is 0.714. The van der Waals surface area contributed by atoms with E-state index in [1.165, 1.54) is 0 Å². The highest BCUT2D eigenvalue weighted by atomic mass is 16.6. The molecule has 0 saturated carbocycles. The molecule has 0 radical (unpaired) electrons. The Hall–Kier alpha value is -0.340. The maximum Gasteiger partial charge on any atom is 0.107 e. The van der Waals surface area contributed by atoms with Gasteiger partial charge in [-0.05, 0) is 0 Å². The molecule has 1 unspecified atom stereocenters. The summed E-state index contributed by atoms with van der Waals surface area (Å²) >= 11 is 0. The fourth-order valence-corrected chi connectivity index (χ4v) is 0.731. The molecule has 3 atom stereocenters. The van der Waals surface area contributed by atoms with E-state index in [0.29, 0.717) is 6.61 Å². The Labute approximate surface area is 55.1 Å². The van der Waals surface area contributed by atoms with E-state index in [0.717, 1.165) is 0 Å². The van der Waals surface area contributed by atoms with Gasteiger partial charge < -0.3 is 9.84 Å². The van der Waals surface area contributed by atoms with Gasteiger partial charge in [0.2, 0.25) is 0 Å². The molecule has 0 amide bonds. The number of epoxide rings is 1. The van der Waals surface area contributed by atoms with Crippen LogP contribution in [0.2, 0.25) is 0 Å². The zero-order chi connectivity index (χ0) is 6.85. The first-order valence-electron chi connectivity index (χ1n) is 3.18. The van der Waals surface area contributed by atoms with Crippen molar-refractivity contribution in [2.75, 3.05) is 6.61 Å². The predicted octanol–water partition coefficient (Wildman–Crippen LogP) is 0.568. The topological polar surface area (TPSA) is 32.8 Å². The molecule has 1 N–H and O–H groups in total. The highest BCUT2D eigenvalue weighted by Crippen LogP contribution is 2.20. The average Bonchev–Trinajstić information content (AvgIpc) is 2.66. The Bertz CT molecular complexity index is 107. The van der Waals surface area contributed by atoms with E-state index in [1.54, 1.807) is 6.08 Å². The molecule has 2 heteroatoms. The number of aliphatic hydroxyl groups excluding tert-OH is 1. The molecule has 0 aliphatic carbocycles. The van der Waals surface area contributed by atoms with Crippen LogP contribution in [-0.2, 0) is 4.74 Å². The van der Waals surface area contributed by atoms with Crippen molar-refractivity contribution in [1.82, 2.24) is 0 Å². The van der Waals surface area contributed by atoms with Crippen molar-refractivity contribution in [1.29, 1.82) is 0 Å². The molecule has 0 spiro atoms. The SMILES string of the molecule is C=C[C@@H](C)[C@H](O)C1CO1. The van der Waals surface area contributed by atoms with Crippen LogP contribution in [0, 0.1) is 5.92 Å². The van der Waals surface area contributed by atoms with Crippen molar-refractivity contribution < 1.29 is 9.84 Å². The van der Waals surface area contributed by atoms with Crippen LogP contribution in [0.4, 0.5) is 0 Å². The second kappa shape index (κ2) is 2.50. The molecular formula is C7H12O2. The highest BCUT2D eigenvalue weighted by molar-refractivity contribution is 4.89. The van der Waals surface area contributed by atoms with E-state index in [9.17, 15) is 5.11 Å². The zero-order valence-corrected chi connectivity index (χ0v) is 5.58. The first-order valence-corrected chi connectivity index (χ1v) is 3.18. The Morgan fingerprint density at radius 3 is 2.78 bits per heavy atom. The van der Waals surface area contributed by atoms with Gasteiger partial charge in [-0.2, -0.15) is 0 Å². The Balaban J connectivity index is 2.30. The summed E-state index contributed by atoms with van der Waals surface area (Å²) in [6.45, 7) is 6.21. The second-order valence-corrected chi connectivity index (χ2v) is 2.46. The van der Waals surface area contributed by atoms with E-state index in [4.69, 9.17) is 4.74 Å². The molecule has 1 aliphatic rings. The van der Waals surface area contributed by atoms with Gasteiger partial charge >= 0.3 is 0 Å². The molecule has 0 aromatic rings. The summed E-state index contributed by atoms with van der Waals surface area (Å²) in [6, 6.07) is 0. The van der Waals surface area contributed by atoms with Crippen molar-refractivity contribution in [3.63, 3.8) is 0 Å². The Kier molecular flexibility index (Phi) is 1.88. The monoisotopic (exact) mass is 128 g/mol. The zero-order valence-electron chi connectivity index (χ0n) is 5.58. The minimum absolute atomic E-state index is 0.0815. The van der Waals surface area contributed by atoms with E-state index in [2.05, 4.69) is 6.58 Å². The number of hydrogen-bond acceptors (Lipinski definition) is 2. The molecular weight excluding hydrogens is 116 g/mol. The van der Waals surface area contributed by atoms with Crippen LogP contribution < -0.4 is 0 Å². The number of hydrogen-bond donors (Lipinski definition) is 1. The van der Waals surface area contributed by atoms with Crippen LogP contribution >= 0.6 is 0 Å². The first-order chi connectivity index (χ1) is 4.25. The van der Waals surface area contributed by atoms with Gasteiger partial charge in [-0.3, -0.25) is 0 Å². The van der Waals surface area contributed by atoms with E-state index in [-0.39, 0.29) is 18.1 Å². The minimum Gasteiger partial charge on any atom is -0.390 e. The summed E-state index contributed by atoms with van der Waals surface area (Å²) in [5.74, 6) is 0.150. The van der Waals surface area contributed by atoms with Gasteiger partial charge in [-0.25, -0.2) is 0 Å². The van der Waals surface area contributed by atoms with Crippen molar-refractivity contribution in [2.24, 2.45) is 5.92 Å². The third-order valence-electron chi connectivity index (χ3n) is 1.65. The normalized spacial score (nSPS) is 31.1. The first kappa shape index (κ1) is 6.78. The summed E-state index contributed by atoms with van der Waals surface area (Å²) in [6.07, 6.45) is 1.48. The van der Waals surface area contributed by atoms with Gasteiger partial charge in [0.05, 0.1) is 12.7 Å². The summed E-state index contributed by atoms with van der Waals surface area (Å²) in [7, 11) is 0. The van der Waals surface area contributed by atoms with E-state index in [1.807, 2.05) is 6.92 Å². The maximum absolute atomic E-state index is 9.26. The Morgan fingerprint density at radius 2 is 2.44 bits per heavy atom. The number of aliphatic hydroxyl groups is 1. The van der Waals surface area contributed by atoms with Crippen LogP contribution in [0.5, 0.6) is 0 Å². The van der Waals surface area contributed by atoms with Crippen LogP contribution in [0.3, 0.4) is 0 Å². The van der Waals surface area contributed by atoms with E-state index < -0.39 is 0 Å². The lowest BCUT2D eigenvalue weighted by Gasteiger charge is -2.10. The van der Waals surface area contributed by atoms with Crippen LogP contribution in [-0.4, -0.2) is 23.9 Å². The third kappa shape index (κ3) is 1.53. The molecule has 52 valence electrons. The molecule has 1 fully saturated rings. The Morgan fingerprint density at radius 1 is 1.89 bits per heavy atom. The summed E-state index contributed by atoms with van der Waals surface area (Å²) < 4.78 is 4.90. The molecule has 1 heterocycles. The molecule has 0 bridgehead atoms. The summed E-state index contributed by atoms with van der Waals surface area (Å²) in [4.78, 5) is 0. The lowest BCUT2D eigenvalue weighted by molar-refractivity contribution is 0.103. The van der Waals surface area contributed by atoms with Gasteiger partial charge in [-0.1, -0.05) is 13.0 Å². The minimum atomic E-state index is -0.345.